The molecule has 2 rings (SSSR count). The molecule has 0 bridgehead atoms. The number of aldehydes is 1. The predicted octanol–water partition coefficient (Wildman–Crippen LogP) is 1.78. The molecule has 2 amide bonds. The molecule has 1 fully saturated rings. The van der Waals surface area contributed by atoms with Crippen LogP contribution in [-0.4, -0.2) is 42.1 Å². The molecule has 0 aliphatic carbocycles. The Morgan fingerprint density at radius 1 is 1.18 bits per heavy atom. The van der Waals surface area contributed by atoms with E-state index in [1.165, 1.54) is 0 Å². The highest BCUT2D eigenvalue weighted by Crippen LogP contribution is 2.12. The van der Waals surface area contributed by atoms with Crippen LogP contribution in [0.25, 0.3) is 0 Å². The summed E-state index contributed by atoms with van der Waals surface area (Å²) >= 11 is 0. The molecule has 1 aliphatic rings. The first-order chi connectivity index (χ1) is 10.7. The summed E-state index contributed by atoms with van der Waals surface area (Å²) in [4.78, 5) is 37.1. The van der Waals surface area contributed by atoms with Crippen LogP contribution in [0.4, 0.5) is 0 Å². The molecule has 1 saturated heterocycles. The molecule has 1 aromatic carbocycles. The first kappa shape index (κ1) is 16.2. The fraction of sp³-hybridized carbons (Fsp3) is 0.471. The van der Waals surface area contributed by atoms with E-state index in [0.29, 0.717) is 24.8 Å². The number of nitrogens with one attached hydrogen (secondary N) is 1. The van der Waals surface area contributed by atoms with Gasteiger partial charge in [-0.25, -0.2) is 0 Å². The Kier molecular flexibility index (Phi) is 6.13. The van der Waals surface area contributed by atoms with E-state index in [9.17, 15) is 14.4 Å². The van der Waals surface area contributed by atoms with Crippen molar-refractivity contribution in [1.29, 1.82) is 0 Å². The smallest absolute Gasteiger partial charge is 0.251 e. The molecular weight excluding hydrogens is 280 g/mol. The van der Waals surface area contributed by atoms with E-state index >= 15 is 0 Å². The molecule has 1 heterocycles. The lowest BCUT2D eigenvalue weighted by Gasteiger charge is -2.24. The van der Waals surface area contributed by atoms with Gasteiger partial charge in [-0.15, -0.1) is 0 Å². The second-order valence-corrected chi connectivity index (χ2v) is 5.52. The van der Waals surface area contributed by atoms with Crippen molar-refractivity contribution >= 4 is 18.1 Å². The Morgan fingerprint density at radius 3 is 2.50 bits per heavy atom. The first-order valence-corrected chi connectivity index (χ1v) is 7.80. The largest absolute Gasteiger partial charge is 0.341 e. The van der Waals surface area contributed by atoms with Gasteiger partial charge in [0.25, 0.3) is 5.91 Å². The van der Waals surface area contributed by atoms with Crippen LogP contribution in [0.2, 0.25) is 0 Å². The van der Waals surface area contributed by atoms with Crippen LogP contribution in [0, 0.1) is 0 Å². The van der Waals surface area contributed by atoms with E-state index in [-0.39, 0.29) is 11.8 Å². The molecule has 5 nitrogen and oxygen atoms in total. The zero-order valence-corrected chi connectivity index (χ0v) is 12.7. The van der Waals surface area contributed by atoms with Crippen molar-refractivity contribution in [3.05, 3.63) is 35.9 Å². The Bertz CT molecular complexity index is 510. The van der Waals surface area contributed by atoms with Gasteiger partial charge < -0.3 is 15.0 Å². The molecule has 1 N–H and O–H groups in total. The van der Waals surface area contributed by atoms with Gasteiger partial charge in [-0.2, -0.15) is 0 Å². The molecule has 0 spiro atoms. The molecule has 1 unspecified atom stereocenters. The summed E-state index contributed by atoms with van der Waals surface area (Å²) in [5.41, 5.74) is 0.539. The lowest BCUT2D eigenvalue weighted by Crippen LogP contribution is -2.47. The number of nitrogens with zero attached hydrogens (tertiary/aromatic N) is 1. The fourth-order valence-electron chi connectivity index (χ4n) is 2.65. The molecule has 0 radical (unpaired) electrons. The maximum atomic E-state index is 12.5. The van der Waals surface area contributed by atoms with E-state index in [2.05, 4.69) is 5.32 Å². The van der Waals surface area contributed by atoms with Crippen LogP contribution in [0.15, 0.2) is 30.3 Å². The average molecular weight is 302 g/mol. The number of hydrogen-bond acceptors (Lipinski definition) is 3. The Labute approximate surface area is 130 Å². The van der Waals surface area contributed by atoms with Gasteiger partial charge in [-0.3, -0.25) is 9.59 Å². The van der Waals surface area contributed by atoms with Crippen molar-refractivity contribution in [2.45, 2.75) is 38.1 Å². The molecule has 1 atom stereocenters. The molecule has 0 saturated carbocycles. The monoisotopic (exact) mass is 302 g/mol. The maximum Gasteiger partial charge on any atom is 0.251 e. The van der Waals surface area contributed by atoms with E-state index < -0.39 is 6.04 Å². The number of likely N-dealkylation sites (tertiary alicyclic amines) is 1. The molecule has 1 aromatic rings. The van der Waals surface area contributed by atoms with Crippen LogP contribution in [0.5, 0.6) is 0 Å². The molecule has 1 aliphatic heterocycles. The third-order valence-corrected chi connectivity index (χ3v) is 3.87. The van der Waals surface area contributed by atoms with Gasteiger partial charge in [-0.1, -0.05) is 18.2 Å². The number of carbonyl (C=O) groups is 3. The number of amides is 2. The Balaban J connectivity index is 2.01. The van der Waals surface area contributed by atoms with E-state index in [1.54, 1.807) is 29.2 Å². The van der Waals surface area contributed by atoms with Gasteiger partial charge >= 0.3 is 0 Å². The summed E-state index contributed by atoms with van der Waals surface area (Å²) in [5, 5.41) is 2.82. The van der Waals surface area contributed by atoms with Crippen LogP contribution >= 0.6 is 0 Å². The average Bonchev–Trinajstić information content (AvgIpc) is 3.08. The van der Waals surface area contributed by atoms with Crippen LogP contribution in [0.1, 0.15) is 42.5 Å². The van der Waals surface area contributed by atoms with Gasteiger partial charge in [0.15, 0.2) is 0 Å². The topological polar surface area (TPSA) is 66.5 Å². The normalized spacial score (nSPS) is 15.4. The SMILES string of the molecule is O=CCCCC(NC(=O)c1ccccc1)C(=O)N1CCCC1. The molecule has 22 heavy (non-hydrogen) atoms. The third-order valence-electron chi connectivity index (χ3n) is 3.87. The molecule has 5 heteroatoms. The third kappa shape index (κ3) is 4.41. The summed E-state index contributed by atoms with van der Waals surface area (Å²) < 4.78 is 0. The quantitative estimate of drug-likeness (QED) is 0.616. The summed E-state index contributed by atoms with van der Waals surface area (Å²) in [6.45, 7) is 1.51. The van der Waals surface area contributed by atoms with Crippen molar-refractivity contribution in [3.63, 3.8) is 0 Å². The maximum absolute atomic E-state index is 12.5. The Hall–Kier alpha value is -2.17. The fourth-order valence-corrected chi connectivity index (χ4v) is 2.65. The van der Waals surface area contributed by atoms with Gasteiger partial charge in [0.1, 0.15) is 12.3 Å². The van der Waals surface area contributed by atoms with Crippen LogP contribution in [0.3, 0.4) is 0 Å². The molecule has 118 valence electrons. The first-order valence-electron chi connectivity index (χ1n) is 7.80. The highest BCUT2D eigenvalue weighted by molar-refractivity contribution is 5.97. The number of unbranched alkanes of at least 4 members (excludes halogenated alkanes) is 1. The number of benzene rings is 1. The van der Waals surface area contributed by atoms with Gasteiger partial charge in [0.05, 0.1) is 0 Å². The van der Waals surface area contributed by atoms with Gasteiger partial charge in [-0.05, 0) is 37.8 Å². The van der Waals surface area contributed by atoms with Crippen molar-refractivity contribution in [2.24, 2.45) is 0 Å². The second kappa shape index (κ2) is 8.32. The molecular formula is C17H22N2O3. The van der Waals surface area contributed by atoms with Crippen molar-refractivity contribution in [3.8, 4) is 0 Å². The highest BCUT2D eigenvalue weighted by atomic mass is 16.2. The van der Waals surface area contributed by atoms with E-state index in [1.807, 2.05) is 6.07 Å². The Morgan fingerprint density at radius 2 is 1.86 bits per heavy atom. The van der Waals surface area contributed by atoms with Crippen molar-refractivity contribution < 1.29 is 14.4 Å². The number of hydrogen-bond donors (Lipinski definition) is 1. The number of carbonyl (C=O) groups excluding carboxylic acids is 3. The summed E-state index contributed by atoms with van der Waals surface area (Å²) in [6, 6.07) is 8.31. The minimum atomic E-state index is -0.550. The highest BCUT2D eigenvalue weighted by Gasteiger charge is 2.27. The lowest BCUT2D eigenvalue weighted by molar-refractivity contribution is -0.132. The summed E-state index contributed by atoms with van der Waals surface area (Å²) in [5.74, 6) is -0.281. The molecule has 0 aromatic heterocycles. The minimum absolute atomic E-state index is 0.0346. The predicted molar refractivity (Wildman–Crippen MR) is 83.4 cm³/mol. The lowest BCUT2D eigenvalue weighted by atomic mass is 10.1. The van der Waals surface area contributed by atoms with Gasteiger partial charge in [0.2, 0.25) is 5.91 Å². The van der Waals surface area contributed by atoms with Crippen LogP contribution < -0.4 is 5.32 Å². The zero-order chi connectivity index (χ0) is 15.8. The number of rotatable bonds is 7. The van der Waals surface area contributed by atoms with Crippen molar-refractivity contribution in [1.82, 2.24) is 10.2 Å². The summed E-state index contributed by atoms with van der Waals surface area (Å²) in [6.07, 6.45) is 4.37. The van der Waals surface area contributed by atoms with E-state index in [0.717, 1.165) is 32.2 Å². The van der Waals surface area contributed by atoms with E-state index in [4.69, 9.17) is 0 Å². The minimum Gasteiger partial charge on any atom is -0.341 e. The van der Waals surface area contributed by atoms with Crippen LogP contribution in [-0.2, 0) is 9.59 Å². The summed E-state index contributed by atoms with van der Waals surface area (Å²) in [7, 11) is 0. The second-order valence-electron chi connectivity index (χ2n) is 5.52. The van der Waals surface area contributed by atoms with Gasteiger partial charge in [0, 0.05) is 25.1 Å². The zero-order valence-electron chi connectivity index (χ0n) is 12.7. The standard InChI is InChI=1S/C17H22N2O3/c20-13-7-4-10-15(17(22)19-11-5-6-12-19)18-16(21)14-8-2-1-3-9-14/h1-3,8-9,13,15H,4-7,10-12H2,(H,18,21). The van der Waals surface area contributed by atoms with Crippen molar-refractivity contribution in [2.75, 3.05) is 13.1 Å².